The van der Waals surface area contributed by atoms with Crippen molar-refractivity contribution in [2.75, 3.05) is 7.11 Å². The highest BCUT2D eigenvalue weighted by atomic mass is 16.6. The molecule has 0 radical (unpaired) electrons. The second-order valence-corrected chi connectivity index (χ2v) is 7.00. The van der Waals surface area contributed by atoms with E-state index < -0.39 is 17.6 Å². The van der Waals surface area contributed by atoms with E-state index in [2.05, 4.69) is 5.32 Å². The summed E-state index contributed by atoms with van der Waals surface area (Å²) in [5, 5.41) is 2.54. The second kappa shape index (κ2) is 8.52. The molecule has 5 nitrogen and oxygen atoms in total. The number of hydrogen-bond acceptors (Lipinski definition) is 4. The molecule has 0 aliphatic heterocycles. The van der Waals surface area contributed by atoms with Gasteiger partial charge in [0.1, 0.15) is 17.4 Å². The summed E-state index contributed by atoms with van der Waals surface area (Å²) in [6, 6.07) is 14.9. The van der Waals surface area contributed by atoms with E-state index in [9.17, 15) is 9.59 Å². The number of ether oxygens (including phenoxy) is 2. The minimum Gasteiger partial charge on any atom is -0.497 e. The monoisotopic (exact) mass is 355 g/mol. The van der Waals surface area contributed by atoms with Crippen LogP contribution in [0.25, 0.3) is 11.1 Å². The summed E-state index contributed by atoms with van der Waals surface area (Å²) in [6.45, 7) is 5.39. The van der Waals surface area contributed by atoms with Gasteiger partial charge in [0.05, 0.1) is 7.11 Å². The first-order chi connectivity index (χ1) is 12.3. The molecule has 0 heterocycles. The first kappa shape index (κ1) is 19.5. The smallest absolute Gasteiger partial charge is 0.329 e. The maximum absolute atomic E-state index is 12.3. The lowest BCUT2D eigenvalue weighted by atomic mass is 10.0. The summed E-state index contributed by atoms with van der Waals surface area (Å²) in [5.41, 5.74) is 2.42. The fraction of sp³-hybridized carbons (Fsp3) is 0.333. The highest BCUT2D eigenvalue weighted by Gasteiger charge is 2.25. The zero-order valence-electron chi connectivity index (χ0n) is 15.6. The molecule has 1 N–H and O–H groups in total. The molecule has 0 saturated heterocycles. The van der Waals surface area contributed by atoms with Gasteiger partial charge in [0, 0.05) is 6.42 Å². The predicted octanol–water partition coefficient (Wildman–Crippen LogP) is 3.36. The molecule has 1 atom stereocenters. The first-order valence-corrected chi connectivity index (χ1v) is 8.48. The van der Waals surface area contributed by atoms with Crippen molar-refractivity contribution in [2.45, 2.75) is 38.8 Å². The summed E-state index contributed by atoms with van der Waals surface area (Å²) in [7, 11) is 1.64. The van der Waals surface area contributed by atoms with Crippen molar-refractivity contribution in [3.63, 3.8) is 0 Å². The van der Waals surface area contributed by atoms with Crippen LogP contribution < -0.4 is 10.1 Å². The number of carbonyl (C=O) groups excluding carboxylic acids is 2. The van der Waals surface area contributed by atoms with Crippen LogP contribution in [0.2, 0.25) is 0 Å². The van der Waals surface area contributed by atoms with Gasteiger partial charge in [-0.1, -0.05) is 36.4 Å². The summed E-state index contributed by atoms with van der Waals surface area (Å²) in [5.74, 6) is 0.355. The maximum Gasteiger partial charge on any atom is 0.329 e. The van der Waals surface area contributed by atoms with E-state index >= 15 is 0 Å². The molecule has 0 bridgehead atoms. The van der Waals surface area contributed by atoms with Gasteiger partial charge in [0.2, 0.25) is 6.41 Å². The van der Waals surface area contributed by atoms with E-state index in [4.69, 9.17) is 9.47 Å². The van der Waals surface area contributed by atoms with Gasteiger partial charge >= 0.3 is 5.97 Å². The minimum absolute atomic E-state index is 0.367. The van der Waals surface area contributed by atoms with E-state index in [1.54, 1.807) is 27.9 Å². The highest BCUT2D eigenvalue weighted by Crippen LogP contribution is 2.24. The zero-order valence-corrected chi connectivity index (χ0v) is 15.6. The van der Waals surface area contributed by atoms with Crippen LogP contribution in [0.1, 0.15) is 26.3 Å². The van der Waals surface area contributed by atoms with Gasteiger partial charge < -0.3 is 14.8 Å². The Hall–Kier alpha value is -2.82. The summed E-state index contributed by atoms with van der Waals surface area (Å²) >= 11 is 0. The molecule has 0 fully saturated rings. The first-order valence-electron chi connectivity index (χ1n) is 8.48. The molecule has 26 heavy (non-hydrogen) atoms. The van der Waals surface area contributed by atoms with Crippen LogP contribution in [0.4, 0.5) is 0 Å². The van der Waals surface area contributed by atoms with Gasteiger partial charge in [0.25, 0.3) is 0 Å². The molecule has 0 unspecified atom stereocenters. The molecular weight excluding hydrogens is 330 g/mol. The number of benzene rings is 2. The van der Waals surface area contributed by atoms with Gasteiger partial charge in [-0.05, 0) is 49.6 Å². The normalized spacial score (nSPS) is 12.2. The van der Waals surface area contributed by atoms with E-state index in [0.717, 1.165) is 22.4 Å². The molecule has 0 aliphatic rings. The fourth-order valence-electron chi connectivity index (χ4n) is 2.54. The van der Waals surface area contributed by atoms with Crippen molar-refractivity contribution in [3.8, 4) is 16.9 Å². The molecule has 138 valence electrons. The minimum atomic E-state index is -0.714. The Balaban J connectivity index is 2.12. The van der Waals surface area contributed by atoms with Crippen molar-refractivity contribution in [1.29, 1.82) is 0 Å². The number of nitrogens with one attached hydrogen (secondary N) is 1. The van der Waals surface area contributed by atoms with Gasteiger partial charge in [-0.2, -0.15) is 0 Å². The molecule has 2 aromatic carbocycles. The fourth-order valence-corrected chi connectivity index (χ4v) is 2.54. The quantitative estimate of drug-likeness (QED) is 0.611. The Morgan fingerprint density at radius 2 is 1.81 bits per heavy atom. The van der Waals surface area contributed by atoms with Crippen LogP contribution in [0.15, 0.2) is 48.5 Å². The average Bonchev–Trinajstić information content (AvgIpc) is 2.60. The number of amides is 1. The van der Waals surface area contributed by atoms with Crippen LogP contribution in [0.3, 0.4) is 0 Å². The van der Waals surface area contributed by atoms with Crippen LogP contribution in [0, 0.1) is 0 Å². The molecule has 2 aromatic rings. The van der Waals surface area contributed by atoms with Crippen LogP contribution in [-0.2, 0) is 20.7 Å². The van der Waals surface area contributed by atoms with E-state index in [1.807, 2.05) is 48.5 Å². The number of rotatable bonds is 7. The topological polar surface area (TPSA) is 64.6 Å². The third-order valence-corrected chi connectivity index (χ3v) is 3.76. The van der Waals surface area contributed by atoms with Gasteiger partial charge in [-0.25, -0.2) is 4.79 Å². The molecule has 0 spiro atoms. The van der Waals surface area contributed by atoms with Crippen LogP contribution >= 0.6 is 0 Å². The van der Waals surface area contributed by atoms with Gasteiger partial charge in [-0.15, -0.1) is 0 Å². The maximum atomic E-state index is 12.3. The summed E-state index contributed by atoms with van der Waals surface area (Å²) in [6.07, 6.45) is 0.894. The van der Waals surface area contributed by atoms with E-state index in [0.29, 0.717) is 12.8 Å². The summed E-state index contributed by atoms with van der Waals surface area (Å²) in [4.78, 5) is 23.1. The Labute approximate surface area is 154 Å². The lowest BCUT2D eigenvalue weighted by molar-refractivity contribution is -0.158. The number of esters is 1. The standard InChI is InChI=1S/C21H25NO4/c1-21(2,3)26-20(24)19(22-14-23)12-15-8-10-16(11-9-15)17-6-5-7-18(13-17)25-4/h5-11,13-14,19H,12H2,1-4H3,(H,22,23)/t19-/m0/s1. The number of methoxy groups -OCH3 is 1. The van der Waals surface area contributed by atoms with Crippen molar-refractivity contribution >= 4 is 12.4 Å². The van der Waals surface area contributed by atoms with Crippen LogP contribution in [0.5, 0.6) is 5.75 Å². The van der Waals surface area contributed by atoms with Gasteiger partial charge in [-0.3, -0.25) is 4.79 Å². The average molecular weight is 355 g/mol. The second-order valence-electron chi connectivity index (χ2n) is 7.00. The number of carbonyl (C=O) groups is 2. The van der Waals surface area contributed by atoms with E-state index in [-0.39, 0.29) is 0 Å². The van der Waals surface area contributed by atoms with Crippen molar-refractivity contribution in [1.82, 2.24) is 5.32 Å². The van der Waals surface area contributed by atoms with Gasteiger partial charge in [0.15, 0.2) is 0 Å². The molecule has 0 saturated carbocycles. The number of hydrogen-bond donors (Lipinski definition) is 1. The van der Waals surface area contributed by atoms with E-state index in [1.165, 1.54) is 0 Å². The molecule has 5 heteroatoms. The molecular formula is C21H25NO4. The Morgan fingerprint density at radius 3 is 2.38 bits per heavy atom. The SMILES string of the molecule is COc1cccc(-c2ccc(C[C@H](NC=O)C(=O)OC(C)(C)C)cc2)c1. The third-order valence-electron chi connectivity index (χ3n) is 3.76. The van der Waals surface area contributed by atoms with Crippen LogP contribution in [-0.4, -0.2) is 31.1 Å². The Kier molecular flexibility index (Phi) is 6.39. The van der Waals surface area contributed by atoms with Crippen molar-refractivity contribution in [3.05, 3.63) is 54.1 Å². The Bertz CT molecular complexity index is 747. The third kappa shape index (κ3) is 5.62. The predicted molar refractivity (Wildman–Crippen MR) is 101 cm³/mol. The summed E-state index contributed by atoms with van der Waals surface area (Å²) < 4.78 is 10.6. The largest absolute Gasteiger partial charge is 0.497 e. The highest BCUT2D eigenvalue weighted by molar-refractivity contribution is 5.79. The zero-order chi connectivity index (χ0) is 19.2. The lowest BCUT2D eigenvalue weighted by Crippen LogP contribution is -2.42. The Morgan fingerprint density at radius 1 is 1.12 bits per heavy atom. The molecule has 2 rings (SSSR count). The molecule has 1 amide bonds. The molecule has 0 aromatic heterocycles. The lowest BCUT2D eigenvalue weighted by Gasteiger charge is -2.23. The van der Waals surface area contributed by atoms with Crippen molar-refractivity contribution < 1.29 is 19.1 Å². The molecule has 0 aliphatic carbocycles. The van der Waals surface area contributed by atoms with Crippen molar-refractivity contribution in [2.24, 2.45) is 0 Å².